The molecule has 1 saturated heterocycles. The Bertz CT molecular complexity index is 595. The van der Waals surface area contributed by atoms with Crippen LogP contribution in [0.25, 0.3) is 0 Å². The monoisotopic (exact) mass is 302 g/mol. The first-order valence-electron chi connectivity index (χ1n) is 6.05. The van der Waals surface area contributed by atoms with Crippen molar-refractivity contribution in [1.82, 2.24) is 5.32 Å². The summed E-state index contributed by atoms with van der Waals surface area (Å²) in [5, 5.41) is 11.3. The molecule has 1 aliphatic rings. The molecule has 1 aliphatic heterocycles. The second kappa shape index (κ2) is 5.69. The molecular formula is C13H10F4N2O2. The Morgan fingerprint density at radius 3 is 2.19 bits per heavy atom. The normalized spacial score (nSPS) is 17.1. The minimum atomic E-state index is -1.80. The standard InChI is InChI=1S/C13H10F4N2O2/c14-7-5-8(15)11(17)9(10(7)16)12(20)19-13(6-18)1-3-21-4-2-13/h5H,1-4H2,(H,19,20). The van der Waals surface area contributed by atoms with E-state index < -0.39 is 40.3 Å². The molecule has 1 aromatic carbocycles. The minimum absolute atomic E-state index is 0.00988. The van der Waals surface area contributed by atoms with Gasteiger partial charge >= 0.3 is 0 Å². The molecule has 21 heavy (non-hydrogen) atoms. The van der Waals surface area contributed by atoms with Gasteiger partial charge in [0, 0.05) is 32.1 Å². The maximum atomic E-state index is 13.5. The van der Waals surface area contributed by atoms with E-state index in [1.165, 1.54) is 0 Å². The average molecular weight is 302 g/mol. The second-order valence-electron chi connectivity index (χ2n) is 4.60. The molecule has 0 bridgehead atoms. The van der Waals surface area contributed by atoms with Crippen molar-refractivity contribution in [1.29, 1.82) is 5.26 Å². The van der Waals surface area contributed by atoms with Crippen molar-refractivity contribution >= 4 is 5.91 Å². The Labute approximate surface area is 117 Å². The lowest BCUT2D eigenvalue weighted by Gasteiger charge is -2.31. The molecule has 1 fully saturated rings. The SMILES string of the molecule is N#CC1(NC(=O)c2c(F)c(F)cc(F)c2F)CCOCC1. The zero-order valence-corrected chi connectivity index (χ0v) is 10.7. The molecule has 1 N–H and O–H groups in total. The van der Waals surface area contributed by atoms with E-state index in [4.69, 9.17) is 10.00 Å². The Balaban J connectivity index is 2.35. The van der Waals surface area contributed by atoms with Crippen LogP contribution in [0.5, 0.6) is 0 Å². The van der Waals surface area contributed by atoms with E-state index in [1.54, 1.807) is 0 Å². The molecule has 0 unspecified atom stereocenters. The van der Waals surface area contributed by atoms with Gasteiger partial charge in [0.25, 0.3) is 5.91 Å². The molecule has 1 aromatic rings. The largest absolute Gasteiger partial charge is 0.381 e. The lowest BCUT2D eigenvalue weighted by molar-refractivity contribution is 0.0528. The van der Waals surface area contributed by atoms with Crippen molar-refractivity contribution in [2.45, 2.75) is 18.4 Å². The van der Waals surface area contributed by atoms with Gasteiger partial charge in [-0.05, 0) is 0 Å². The van der Waals surface area contributed by atoms with Gasteiger partial charge < -0.3 is 10.1 Å². The highest BCUT2D eigenvalue weighted by Gasteiger charge is 2.36. The molecule has 0 saturated carbocycles. The van der Waals surface area contributed by atoms with E-state index in [0.717, 1.165) is 0 Å². The van der Waals surface area contributed by atoms with E-state index in [-0.39, 0.29) is 32.1 Å². The predicted molar refractivity (Wildman–Crippen MR) is 62.1 cm³/mol. The maximum absolute atomic E-state index is 13.5. The Morgan fingerprint density at radius 2 is 1.71 bits per heavy atom. The number of halogens is 4. The summed E-state index contributed by atoms with van der Waals surface area (Å²) in [5.74, 6) is -8.35. The summed E-state index contributed by atoms with van der Waals surface area (Å²) in [7, 11) is 0. The van der Waals surface area contributed by atoms with E-state index >= 15 is 0 Å². The van der Waals surface area contributed by atoms with Crippen molar-refractivity contribution in [2.24, 2.45) is 0 Å². The summed E-state index contributed by atoms with van der Waals surface area (Å²) in [6, 6.07) is 1.85. The van der Waals surface area contributed by atoms with E-state index in [9.17, 15) is 22.4 Å². The highest BCUT2D eigenvalue weighted by Crippen LogP contribution is 2.23. The van der Waals surface area contributed by atoms with Crippen molar-refractivity contribution in [3.63, 3.8) is 0 Å². The molecule has 0 radical (unpaired) electrons. The molecule has 1 amide bonds. The lowest BCUT2D eigenvalue weighted by Crippen LogP contribution is -2.51. The number of hydrogen-bond donors (Lipinski definition) is 1. The summed E-state index contributed by atoms with van der Waals surface area (Å²) < 4.78 is 58.3. The number of ether oxygens (including phenoxy) is 1. The fourth-order valence-corrected chi connectivity index (χ4v) is 2.04. The first kappa shape index (κ1) is 15.3. The molecule has 112 valence electrons. The highest BCUT2D eigenvalue weighted by molar-refractivity contribution is 5.95. The smallest absolute Gasteiger partial charge is 0.258 e. The number of nitrogens with zero attached hydrogens (tertiary/aromatic N) is 1. The fraction of sp³-hybridized carbons (Fsp3) is 0.385. The second-order valence-corrected chi connectivity index (χ2v) is 4.60. The van der Waals surface area contributed by atoms with Crippen LogP contribution in [0.1, 0.15) is 23.2 Å². The maximum Gasteiger partial charge on any atom is 0.258 e. The Hall–Kier alpha value is -2.14. The number of nitrogens with one attached hydrogen (secondary N) is 1. The third-order valence-corrected chi connectivity index (χ3v) is 3.25. The number of benzene rings is 1. The number of carbonyl (C=O) groups is 1. The van der Waals surface area contributed by atoms with Crippen LogP contribution in [0.4, 0.5) is 17.6 Å². The summed E-state index contributed by atoms with van der Waals surface area (Å²) in [4.78, 5) is 11.9. The molecule has 8 heteroatoms. The van der Waals surface area contributed by atoms with Gasteiger partial charge in [0.1, 0.15) is 11.1 Å². The highest BCUT2D eigenvalue weighted by atomic mass is 19.2. The van der Waals surface area contributed by atoms with Crippen LogP contribution in [0.2, 0.25) is 0 Å². The molecule has 4 nitrogen and oxygen atoms in total. The van der Waals surface area contributed by atoms with Gasteiger partial charge in [0.15, 0.2) is 23.3 Å². The quantitative estimate of drug-likeness (QED) is 0.672. The zero-order chi connectivity index (χ0) is 15.6. The summed E-state index contributed by atoms with van der Waals surface area (Å²) in [6.45, 7) is 0.354. The number of carbonyl (C=O) groups excluding carboxylic acids is 1. The van der Waals surface area contributed by atoms with Crippen molar-refractivity contribution in [2.75, 3.05) is 13.2 Å². The van der Waals surface area contributed by atoms with Crippen LogP contribution < -0.4 is 5.32 Å². The van der Waals surface area contributed by atoms with Crippen LogP contribution in [-0.2, 0) is 4.74 Å². The van der Waals surface area contributed by atoms with E-state index in [1.807, 2.05) is 6.07 Å². The lowest BCUT2D eigenvalue weighted by atomic mass is 9.91. The first-order valence-corrected chi connectivity index (χ1v) is 6.05. The average Bonchev–Trinajstić information content (AvgIpc) is 2.46. The third kappa shape index (κ3) is 2.83. The minimum Gasteiger partial charge on any atom is -0.381 e. The molecule has 0 atom stereocenters. The van der Waals surface area contributed by atoms with Gasteiger partial charge in [0.05, 0.1) is 6.07 Å². The number of nitriles is 1. The van der Waals surface area contributed by atoms with Gasteiger partial charge in [-0.25, -0.2) is 17.6 Å². The summed E-state index contributed by atoms with van der Waals surface area (Å²) >= 11 is 0. The summed E-state index contributed by atoms with van der Waals surface area (Å²) in [6.07, 6.45) is 0.215. The molecule has 0 aliphatic carbocycles. The van der Waals surface area contributed by atoms with Crippen LogP contribution in [-0.4, -0.2) is 24.7 Å². The van der Waals surface area contributed by atoms with Crippen molar-refractivity contribution in [3.05, 3.63) is 34.9 Å². The fourth-order valence-electron chi connectivity index (χ4n) is 2.04. The zero-order valence-electron chi connectivity index (χ0n) is 10.7. The number of hydrogen-bond acceptors (Lipinski definition) is 3. The topological polar surface area (TPSA) is 62.1 Å². The van der Waals surface area contributed by atoms with Gasteiger partial charge in [-0.1, -0.05) is 0 Å². The van der Waals surface area contributed by atoms with Crippen molar-refractivity contribution < 1.29 is 27.1 Å². The summed E-state index contributed by atoms with van der Waals surface area (Å²) in [5.41, 5.74) is -2.76. The third-order valence-electron chi connectivity index (χ3n) is 3.25. The molecule has 0 aromatic heterocycles. The molecular weight excluding hydrogens is 292 g/mol. The number of amides is 1. The van der Waals surface area contributed by atoms with Gasteiger partial charge in [-0.15, -0.1) is 0 Å². The van der Waals surface area contributed by atoms with E-state index in [2.05, 4.69) is 5.32 Å². The Morgan fingerprint density at radius 1 is 1.19 bits per heavy atom. The molecule has 2 rings (SSSR count). The number of rotatable bonds is 2. The van der Waals surface area contributed by atoms with Gasteiger partial charge in [0.2, 0.25) is 0 Å². The van der Waals surface area contributed by atoms with Crippen molar-refractivity contribution in [3.8, 4) is 6.07 Å². The van der Waals surface area contributed by atoms with Gasteiger partial charge in [-0.2, -0.15) is 5.26 Å². The molecule has 1 heterocycles. The van der Waals surface area contributed by atoms with Crippen LogP contribution >= 0.6 is 0 Å². The van der Waals surface area contributed by atoms with Gasteiger partial charge in [-0.3, -0.25) is 4.79 Å². The molecule has 0 spiro atoms. The predicted octanol–water partition coefficient (Wildman–Crippen LogP) is 2.05. The van der Waals surface area contributed by atoms with Crippen LogP contribution in [0.15, 0.2) is 6.07 Å². The Kier molecular flexibility index (Phi) is 4.14. The van der Waals surface area contributed by atoms with Crippen LogP contribution in [0.3, 0.4) is 0 Å². The van der Waals surface area contributed by atoms with Crippen LogP contribution in [0, 0.1) is 34.6 Å². The first-order chi connectivity index (χ1) is 9.90. The van der Waals surface area contributed by atoms with E-state index in [0.29, 0.717) is 0 Å².